The molecule has 0 saturated heterocycles. The lowest BCUT2D eigenvalue weighted by Gasteiger charge is -2.29. The van der Waals surface area contributed by atoms with Gasteiger partial charge in [0.15, 0.2) is 0 Å². The molecule has 2 heteroatoms. The highest BCUT2D eigenvalue weighted by Gasteiger charge is 2.24. The van der Waals surface area contributed by atoms with Crippen LogP contribution in [0.4, 0.5) is 28.4 Å². The third-order valence-electron chi connectivity index (χ3n) is 11.6. The molecular weight excluding hydrogens is 653 g/mol. The molecule has 0 aromatic heterocycles. The molecule has 54 heavy (non-hydrogen) atoms. The molecule has 0 saturated carbocycles. The van der Waals surface area contributed by atoms with Crippen LogP contribution in [0, 0.1) is 6.92 Å². The zero-order chi connectivity index (χ0) is 37.5. The van der Waals surface area contributed by atoms with Crippen LogP contribution in [0.5, 0.6) is 0 Å². The highest BCUT2D eigenvalue weighted by molar-refractivity contribution is 6.09. The predicted octanol–water partition coefficient (Wildman–Crippen LogP) is 14.2. The van der Waals surface area contributed by atoms with Crippen molar-refractivity contribution in [2.45, 2.75) is 45.4 Å². The van der Waals surface area contributed by atoms with Crippen LogP contribution in [0.25, 0.3) is 21.5 Å². The molecule has 8 aromatic rings. The fraction of sp³-hybridized carbons (Fsp3) is 0.154. The molecule has 0 atom stereocenters. The van der Waals surface area contributed by atoms with E-state index in [2.05, 4.69) is 233 Å². The Hall–Kier alpha value is -6.12. The second-order valence-electron chi connectivity index (χ2n) is 15.7. The van der Waals surface area contributed by atoms with Gasteiger partial charge in [-0.1, -0.05) is 155 Å². The van der Waals surface area contributed by atoms with Crippen molar-refractivity contribution in [2.75, 3.05) is 16.8 Å². The lowest BCUT2D eigenvalue weighted by Crippen LogP contribution is -2.19. The molecule has 0 heterocycles. The molecule has 0 unspecified atom stereocenters. The van der Waals surface area contributed by atoms with Crippen LogP contribution in [0.3, 0.4) is 0 Å². The van der Waals surface area contributed by atoms with E-state index in [9.17, 15) is 0 Å². The summed E-state index contributed by atoms with van der Waals surface area (Å²) < 4.78 is 0. The highest BCUT2D eigenvalue weighted by Crippen LogP contribution is 2.40. The first-order chi connectivity index (χ1) is 26.1. The summed E-state index contributed by atoms with van der Waals surface area (Å²) in [5, 5.41) is 4.96. The van der Waals surface area contributed by atoms with Gasteiger partial charge in [0.2, 0.25) is 0 Å². The molecule has 0 N–H and O–H groups in total. The van der Waals surface area contributed by atoms with Crippen LogP contribution in [0.15, 0.2) is 182 Å². The number of aryl methyl sites for hydroxylation is 1. The summed E-state index contributed by atoms with van der Waals surface area (Å²) in [4.78, 5) is 4.64. The van der Waals surface area contributed by atoms with Gasteiger partial charge in [-0.05, 0) is 111 Å². The Kier molecular flexibility index (Phi) is 9.07. The molecule has 0 bridgehead atoms. The smallest absolute Gasteiger partial charge is 0.0468 e. The molecule has 8 rings (SSSR count). The number of nitrogens with zero attached hydrogens (tertiary/aromatic N) is 2. The summed E-state index contributed by atoms with van der Waals surface area (Å²) in [7, 11) is 2.15. The molecule has 0 amide bonds. The maximum absolute atomic E-state index is 2.37. The van der Waals surface area contributed by atoms with E-state index in [0.29, 0.717) is 0 Å². The SMILES string of the molecule is Cc1ccc(N(c2ccc(C(C)(C)c3ccccc3)cc2)c2ccc3c(ccc4cc(N(C)c5ccc(C(C)(C)c6ccccc6)cc5)ccc43)c2)cc1. The number of benzene rings is 8. The van der Waals surface area contributed by atoms with E-state index in [1.807, 2.05) is 0 Å². The summed E-state index contributed by atoms with van der Waals surface area (Å²) in [5.41, 5.74) is 12.1. The van der Waals surface area contributed by atoms with Crippen molar-refractivity contribution in [1.29, 1.82) is 0 Å². The Balaban J connectivity index is 1.10. The van der Waals surface area contributed by atoms with Gasteiger partial charge in [0, 0.05) is 46.3 Å². The van der Waals surface area contributed by atoms with Gasteiger partial charge in [-0.3, -0.25) is 0 Å². The molecule has 8 aromatic carbocycles. The molecule has 0 aliphatic rings. The quantitative estimate of drug-likeness (QED) is 0.138. The Morgan fingerprint density at radius 3 is 1.20 bits per heavy atom. The standard InChI is InChI=1S/C52H48N2/c1-37-17-25-45(26-18-37)54(46-29-23-43(24-30-46)52(4,5)41-15-11-8-12-16-41)48-32-34-50-39(36-48)20-19-38-35-47(31-33-49(38)50)53(6)44-27-21-42(22-28-44)51(2,3)40-13-9-7-10-14-40/h7-36H,1-6H3. The molecule has 0 aliphatic heterocycles. The van der Waals surface area contributed by atoms with Gasteiger partial charge >= 0.3 is 0 Å². The number of hydrogen-bond acceptors (Lipinski definition) is 2. The first-order valence-electron chi connectivity index (χ1n) is 19.0. The normalized spacial score (nSPS) is 11.9. The number of hydrogen-bond donors (Lipinski definition) is 0. The van der Waals surface area contributed by atoms with Gasteiger partial charge in [0.1, 0.15) is 0 Å². The minimum absolute atomic E-state index is 0.0657. The van der Waals surface area contributed by atoms with E-state index in [1.165, 1.54) is 55.0 Å². The summed E-state index contributed by atoms with van der Waals surface area (Å²) in [6.07, 6.45) is 0. The Morgan fingerprint density at radius 1 is 0.352 bits per heavy atom. The highest BCUT2D eigenvalue weighted by atomic mass is 15.1. The molecule has 266 valence electrons. The molecule has 0 radical (unpaired) electrons. The van der Waals surface area contributed by atoms with Gasteiger partial charge in [-0.2, -0.15) is 0 Å². The van der Waals surface area contributed by atoms with Crippen LogP contribution in [-0.4, -0.2) is 7.05 Å². The van der Waals surface area contributed by atoms with Gasteiger partial charge in [-0.15, -0.1) is 0 Å². The third kappa shape index (κ3) is 6.54. The Bertz CT molecular complexity index is 2530. The topological polar surface area (TPSA) is 6.48 Å². The molecule has 2 nitrogen and oxygen atoms in total. The fourth-order valence-electron chi connectivity index (χ4n) is 7.86. The number of fused-ring (bicyclic) bond motifs is 3. The van der Waals surface area contributed by atoms with Crippen molar-refractivity contribution in [1.82, 2.24) is 0 Å². The average Bonchev–Trinajstić information content (AvgIpc) is 3.22. The van der Waals surface area contributed by atoms with Crippen molar-refractivity contribution >= 4 is 50.0 Å². The second-order valence-corrected chi connectivity index (χ2v) is 15.7. The molecule has 0 spiro atoms. The van der Waals surface area contributed by atoms with Crippen molar-refractivity contribution in [2.24, 2.45) is 0 Å². The Labute approximate surface area is 321 Å². The first-order valence-corrected chi connectivity index (χ1v) is 19.0. The van der Waals surface area contributed by atoms with E-state index in [1.54, 1.807) is 0 Å². The minimum atomic E-state index is -0.0997. The average molecular weight is 701 g/mol. The van der Waals surface area contributed by atoms with Gasteiger partial charge in [0.05, 0.1) is 0 Å². The summed E-state index contributed by atoms with van der Waals surface area (Å²) in [5.74, 6) is 0. The van der Waals surface area contributed by atoms with Gasteiger partial charge < -0.3 is 9.80 Å². The van der Waals surface area contributed by atoms with Gasteiger partial charge in [-0.25, -0.2) is 0 Å². The molecule has 0 aliphatic carbocycles. The van der Waals surface area contributed by atoms with Crippen molar-refractivity contribution < 1.29 is 0 Å². The van der Waals surface area contributed by atoms with Crippen molar-refractivity contribution in [3.05, 3.63) is 210 Å². The monoisotopic (exact) mass is 700 g/mol. The lowest BCUT2D eigenvalue weighted by molar-refractivity contribution is 0.641. The number of anilines is 5. The minimum Gasteiger partial charge on any atom is -0.345 e. The van der Waals surface area contributed by atoms with Gasteiger partial charge in [0.25, 0.3) is 0 Å². The zero-order valence-corrected chi connectivity index (χ0v) is 32.2. The van der Waals surface area contributed by atoms with Crippen molar-refractivity contribution in [3.63, 3.8) is 0 Å². The molecular formula is C52H48N2. The summed E-state index contributed by atoms with van der Waals surface area (Å²) in [6, 6.07) is 66.7. The van der Waals surface area contributed by atoms with Crippen LogP contribution in [-0.2, 0) is 10.8 Å². The van der Waals surface area contributed by atoms with E-state index < -0.39 is 0 Å². The number of rotatable bonds is 9. The predicted molar refractivity (Wildman–Crippen MR) is 233 cm³/mol. The second kappa shape index (κ2) is 14.0. The van der Waals surface area contributed by atoms with Crippen LogP contribution in [0.1, 0.15) is 55.5 Å². The Morgan fingerprint density at radius 2 is 0.722 bits per heavy atom. The summed E-state index contributed by atoms with van der Waals surface area (Å²) >= 11 is 0. The van der Waals surface area contributed by atoms with E-state index >= 15 is 0 Å². The summed E-state index contributed by atoms with van der Waals surface area (Å²) in [6.45, 7) is 11.3. The molecule has 0 fully saturated rings. The van der Waals surface area contributed by atoms with E-state index in [4.69, 9.17) is 0 Å². The van der Waals surface area contributed by atoms with Crippen LogP contribution >= 0.6 is 0 Å². The van der Waals surface area contributed by atoms with E-state index in [-0.39, 0.29) is 10.8 Å². The van der Waals surface area contributed by atoms with Crippen LogP contribution < -0.4 is 9.80 Å². The third-order valence-corrected chi connectivity index (χ3v) is 11.6. The van der Waals surface area contributed by atoms with Crippen LogP contribution in [0.2, 0.25) is 0 Å². The lowest BCUT2D eigenvalue weighted by atomic mass is 9.78. The zero-order valence-electron chi connectivity index (χ0n) is 32.2. The first kappa shape index (κ1) is 34.9. The maximum atomic E-state index is 2.37. The largest absolute Gasteiger partial charge is 0.345 e. The van der Waals surface area contributed by atoms with E-state index in [0.717, 1.165) is 22.7 Å². The maximum Gasteiger partial charge on any atom is 0.0468 e. The fourth-order valence-corrected chi connectivity index (χ4v) is 7.86. The van der Waals surface area contributed by atoms with Crippen molar-refractivity contribution in [3.8, 4) is 0 Å².